The van der Waals surface area contributed by atoms with Crippen molar-refractivity contribution in [1.82, 2.24) is 4.90 Å². The molecule has 2 atom stereocenters. The highest BCUT2D eigenvalue weighted by Crippen LogP contribution is 2.31. The standard InChI is InChI=1S/C19H27NO5/c1-4-24-17-11-14(9-10-16(17)25-12-18(21)22)19(23)20(3)15-8-6-5-7-13(15)2/h9-11,13,15H,4-8,12H2,1-3H3,(H,21,22). The van der Waals surface area contributed by atoms with Gasteiger partial charge in [-0.25, -0.2) is 4.79 Å². The van der Waals surface area contributed by atoms with Gasteiger partial charge in [0.15, 0.2) is 18.1 Å². The van der Waals surface area contributed by atoms with Crippen molar-refractivity contribution in [3.8, 4) is 11.5 Å². The highest BCUT2D eigenvalue weighted by Gasteiger charge is 2.28. The molecule has 1 aliphatic rings. The molecular weight excluding hydrogens is 322 g/mol. The molecule has 1 aliphatic carbocycles. The predicted octanol–water partition coefficient (Wildman–Crippen LogP) is 3.20. The monoisotopic (exact) mass is 349 g/mol. The molecule has 0 bridgehead atoms. The lowest BCUT2D eigenvalue weighted by molar-refractivity contribution is -0.139. The van der Waals surface area contributed by atoms with E-state index in [-0.39, 0.29) is 11.9 Å². The van der Waals surface area contributed by atoms with Gasteiger partial charge in [-0.05, 0) is 43.9 Å². The highest BCUT2D eigenvalue weighted by atomic mass is 16.5. The van der Waals surface area contributed by atoms with E-state index >= 15 is 0 Å². The van der Waals surface area contributed by atoms with Crippen LogP contribution in [0.1, 0.15) is 49.9 Å². The molecule has 2 rings (SSSR count). The van der Waals surface area contributed by atoms with E-state index in [1.54, 1.807) is 18.2 Å². The summed E-state index contributed by atoms with van der Waals surface area (Å²) in [6, 6.07) is 5.14. The average Bonchev–Trinajstić information content (AvgIpc) is 2.60. The fraction of sp³-hybridized carbons (Fsp3) is 0.579. The third-order valence-corrected chi connectivity index (χ3v) is 4.73. The lowest BCUT2D eigenvalue weighted by atomic mass is 9.85. The second-order valence-corrected chi connectivity index (χ2v) is 6.52. The van der Waals surface area contributed by atoms with Gasteiger partial charge in [0.05, 0.1) is 6.61 Å². The molecule has 6 heteroatoms. The van der Waals surface area contributed by atoms with Crippen molar-refractivity contribution in [2.24, 2.45) is 5.92 Å². The van der Waals surface area contributed by atoms with Crippen LogP contribution in [0.3, 0.4) is 0 Å². The van der Waals surface area contributed by atoms with Gasteiger partial charge in [0.2, 0.25) is 0 Å². The van der Waals surface area contributed by atoms with Crippen LogP contribution < -0.4 is 9.47 Å². The third-order valence-electron chi connectivity index (χ3n) is 4.73. The molecule has 1 saturated carbocycles. The maximum absolute atomic E-state index is 12.9. The molecule has 0 radical (unpaired) electrons. The van der Waals surface area contributed by atoms with Crippen LogP contribution in [-0.4, -0.2) is 48.2 Å². The lowest BCUT2D eigenvalue weighted by Crippen LogP contribution is -2.42. The van der Waals surface area contributed by atoms with Crippen LogP contribution in [0.2, 0.25) is 0 Å². The van der Waals surface area contributed by atoms with Crippen LogP contribution in [0.15, 0.2) is 18.2 Å². The molecule has 1 fully saturated rings. The molecule has 25 heavy (non-hydrogen) atoms. The number of hydrogen-bond acceptors (Lipinski definition) is 4. The van der Waals surface area contributed by atoms with Gasteiger partial charge in [-0.1, -0.05) is 19.8 Å². The number of benzene rings is 1. The Balaban J connectivity index is 2.18. The van der Waals surface area contributed by atoms with Crippen LogP contribution in [0, 0.1) is 5.92 Å². The van der Waals surface area contributed by atoms with Crippen molar-refractivity contribution in [3.63, 3.8) is 0 Å². The fourth-order valence-corrected chi connectivity index (χ4v) is 3.39. The largest absolute Gasteiger partial charge is 0.490 e. The molecule has 0 spiro atoms. The summed E-state index contributed by atoms with van der Waals surface area (Å²) in [6.45, 7) is 3.97. The zero-order valence-electron chi connectivity index (χ0n) is 15.2. The molecular formula is C19H27NO5. The summed E-state index contributed by atoms with van der Waals surface area (Å²) in [5, 5.41) is 8.75. The van der Waals surface area contributed by atoms with Crippen LogP contribution >= 0.6 is 0 Å². The van der Waals surface area contributed by atoms with E-state index in [9.17, 15) is 9.59 Å². The van der Waals surface area contributed by atoms with E-state index in [1.807, 2.05) is 18.9 Å². The topological polar surface area (TPSA) is 76.1 Å². The third kappa shape index (κ3) is 4.87. The first-order valence-electron chi connectivity index (χ1n) is 8.82. The molecule has 0 aromatic heterocycles. The van der Waals surface area contributed by atoms with Gasteiger partial charge in [0, 0.05) is 18.7 Å². The molecule has 0 aliphatic heterocycles. The van der Waals surface area contributed by atoms with Crippen LogP contribution in [0.5, 0.6) is 11.5 Å². The Bertz CT molecular complexity index is 616. The molecule has 1 amide bonds. The first-order chi connectivity index (χ1) is 11.9. The Morgan fingerprint density at radius 3 is 2.56 bits per heavy atom. The number of nitrogens with zero attached hydrogens (tertiary/aromatic N) is 1. The van der Waals surface area contributed by atoms with Crippen molar-refractivity contribution in [3.05, 3.63) is 23.8 Å². The fourth-order valence-electron chi connectivity index (χ4n) is 3.39. The summed E-state index contributed by atoms with van der Waals surface area (Å²) in [4.78, 5) is 25.4. The maximum Gasteiger partial charge on any atom is 0.341 e. The van der Waals surface area contributed by atoms with Gasteiger partial charge in [-0.15, -0.1) is 0 Å². The van der Waals surface area contributed by atoms with E-state index < -0.39 is 12.6 Å². The number of carboxylic acids is 1. The first-order valence-corrected chi connectivity index (χ1v) is 8.82. The first kappa shape index (κ1) is 19.1. The zero-order valence-corrected chi connectivity index (χ0v) is 15.2. The van der Waals surface area contributed by atoms with Gasteiger partial charge in [-0.2, -0.15) is 0 Å². The minimum Gasteiger partial charge on any atom is -0.490 e. The summed E-state index contributed by atoms with van der Waals surface area (Å²) >= 11 is 0. The molecule has 1 N–H and O–H groups in total. The maximum atomic E-state index is 12.9. The van der Waals surface area contributed by atoms with Crippen LogP contribution in [0.25, 0.3) is 0 Å². The van der Waals surface area contributed by atoms with Gasteiger partial charge in [0.1, 0.15) is 0 Å². The quantitative estimate of drug-likeness (QED) is 0.818. The lowest BCUT2D eigenvalue weighted by Gasteiger charge is -2.36. The normalized spacial score (nSPS) is 20.0. The molecule has 6 nitrogen and oxygen atoms in total. The average molecular weight is 349 g/mol. The zero-order chi connectivity index (χ0) is 18.4. The number of amides is 1. The summed E-state index contributed by atoms with van der Waals surface area (Å²) in [7, 11) is 1.85. The number of rotatable bonds is 7. The number of carboxylic acid groups (broad SMARTS) is 1. The van der Waals surface area contributed by atoms with E-state index in [2.05, 4.69) is 6.92 Å². The van der Waals surface area contributed by atoms with E-state index in [0.29, 0.717) is 29.6 Å². The second-order valence-electron chi connectivity index (χ2n) is 6.52. The number of hydrogen-bond donors (Lipinski definition) is 1. The highest BCUT2D eigenvalue weighted by molar-refractivity contribution is 5.95. The Labute approximate surface area is 148 Å². The van der Waals surface area contributed by atoms with Gasteiger partial charge in [0.25, 0.3) is 5.91 Å². The summed E-state index contributed by atoms with van der Waals surface area (Å²) < 4.78 is 10.7. The SMILES string of the molecule is CCOc1cc(C(=O)N(C)C2CCCCC2C)ccc1OCC(=O)O. The molecule has 1 aromatic carbocycles. The Morgan fingerprint density at radius 1 is 1.20 bits per heavy atom. The minimum atomic E-state index is -1.06. The Hall–Kier alpha value is -2.24. The molecule has 2 unspecified atom stereocenters. The number of ether oxygens (including phenoxy) is 2. The van der Waals surface area contributed by atoms with Crippen molar-refractivity contribution in [2.75, 3.05) is 20.3 Å². The smallest absolute Gasteiger partial charge is 0.341 e. The van der Waals surface area contributed by atoms with Gasteiger partial charge in [-0.3, -0.25) is 4.79 Å². The predicted molar refractivity (Wildman–Crippen MR) is 94.3 cm³/mol. The van der Waals surface area contributed by atoms with Crippen molar-refractivity contribution < 1.29 is 24.2 Å². The second kappa shape index (κ2) is 8.74. The number of carbonyl (C=O) groups excluding carboxylic acids is 1. The number of aliphatic carboxylic acids is 1. The van der Waals surface area contributed by atoms with Crippen molar-refractivity contribution >= 4 is 11.9 Å². The van der Waals surface area contributed by atoms with Gasteiger partial charge >= 0.3 is 5.97 Å². The molecule has 138 valence electrons. The van der Waals surface area contributed by atoms with E-state index in [0.717, 1.165) is 19.3 Å². The summed E-state index contributed by atoms with van der Waals surface area (Å²) in [5.74, 6) is 0.0968. The van der Waals surface area contributed by atoms with Crippen LogP contribution in [-0.2, 0) is 4.79 Å². The molecule has 0 heterocycles. The van der Waals surface area contributed by atoms with E-state index in [1.165, 1.54) is 6.42 Å². The number of carbonyl (C=O) groups is 2. The van der Waals surface area contributed by atoms with Crippen molar-refractivity contribution in [2.45, 2.75) is 45.6 Å². The van der Waals surface area contributed by atoms with Crippen LogP contribution in [0.4, 0.5) is 0 Å². The van der Waals surface area contributed by atoms with Gasteiger partial charge < -0.3 is 19.5 Å². The Morgan fingerprint density at radius 2 is 1.92 bits per heavy atom. The summed E-state index contributed by atoms with van der Waals surface area (Å²) in [6.07, 6.45) is 4.55. The minimum absolute atomic E-state index is 0.0514. The van der Waals surface area contributed by atoms with E-state index in [4.69, 9.17) is 14.6 Å². The molecule has 1 aromatic rings. The Kier molecular flexibility index (Phi) is 6.67. The summed E-state index contributed by atoms with van der Waals surface area (Å²) in [5.41, 5.74) is 0.520. The molecule has 0 saturated heterocycles. The van der Waals surface area contributed by atoms with Crippen molar-refractivity contribution in [1.29, 1.82) is 0 Å².